The standard InChI is InChI=1S/C41H46N4O7/c1-27-22-36(46)52-35(27)25-45-32-13-9-8-12-31(32)42-39(45)37(47)28-14-18-43(19-15-28)20-16-41(30-10-6-5-7-11-30)17-21-44(26-41)40(48)29-23-33(49-2)38(51-4)34(24-29)50-3/h5-13,22-24,28,46H,14-21,25-26H2,1-4H3. The second-order valence-corrected chi connectivity index (χ2v) is 14.0. The summed E-state index contributed by atoms with van der Waals surface area (Å²) >= 11 is 0. The number of fused-ring (bicyclic) bond motifs is 1. The molecule has 0 radical (unpaired) electrons. The van der Waals surface area contributed by atoms with Crippen LogP contribution < -0.4 is 14.2 Å². The Labute approximate surface area is 303 Å². The van der Waals surface area contributed by atoms with E-state index in [1.165, 1.54) is 5.56 Å². The first-order chi connectivity index (χ1) is 25.2. The van der Waals surface area contributed by atoms with Crippen molar-refractivity contribution in [2.24, 2.45) is 5.92 Å². The van der Waals surface area contributed by atoms with Gasteiger partial charge in [-0.1, -0.05) is 42.5 Å². The number of Topliss-reactive ketones (excluding diaryl/α,β-unsaturated/α-hetero) is 1. The fourth-order valence-corrected chi connectivity index (χ4v) is 8.01. The molecule has 2 saturated heterocycles. The molecule has 11 heteroatoms. The van der Waals surface area contributed by atoms with Crippen molar-refractivity contribution in [1.29, 1.82) is 0 Å². The van der Waals surface area contributed by atoms with Crippen molar-refractivity contribution < 1.29 is 33.3 Å². The number of carbonyl (C=O) groups is 2. The quantitative estimate of drug-likeness (QED) is 0.145. The summed E-state index contributed by atoms with van der Waals surface area (Å²) in [4.78, 5) is 37.2. The van der Waals surface area contributed by atoms with Crippen LogP contribution in [0, 0.1) is 12.8 Å². The predicted molar refractivity (Wildman–Crippen MR) is 197 cm³/mol. The lowest BCUT2D eigenvalue weighted by Gasteiger charge is -2.36. The smallest absolute Gasteiger partial charge is 0.282 e. The Bertz CT molecular complexity index is 2040. The van der Waals surface area contributed by atoms with Gasteiger partial charge in [0.2, 0.25) is 11.5 Å². The molecular formula is C41H46N4O7. The van der Waals surface area contributed by atoms with E-state index < -0.39 is 0 Å². The number of benzene rings is 3. The molecule has 1 amide bonds. The van der Waals surface area contributed by atoms with Crippen molar-refractivity contribution >= 4 is 22.7 Å². The Morgan fingerprint density at radius 3 is 2.27 bits per heavy atom. The molecule has 0 spiro atoms. The van der Waals surface area contributed by atoms with Gasteiger partial charge in [0.05, 0.1) is 38.9 Å². The van der Waals surface area contributed by atoms with Crippen LogP contribution in [0.4, 0.5) is 0 Å². The number of aryl methyl sites for hydroxylation is 1. The second kappa shape index (κ2) is 14.7. The van der Waals surface area contributed by atoms with E-state index >= 15 is 0 Å². The maximum atomic E-state index is 14.1. The molecule has 0 saturated carbocycles. The number of carbonyl (C=O) groups excluding carboxylic acids is 2. The Morgan fingerprint density at radius 2 is 1.62 bits per heavy atom. The molecule has 3 aromatic carbocycles. The van der Waals surface area contributed by atoms with Crippen LogP contribution in [0.15, 0.2) is 77.2 Å². The van der Waals surface area contributed by atoms with Gasteiger partial charge in [-0.05, 0) is 87.6 Å². The van der Waals surface area contributed by atoms with Crippen molar-refractivity contribution in [3.63, 3.8) is 0 Å². The Balaban J connectivity index is 1.04. The van der Waals surface area contributed by atoms with E-state index in [1.54, 1.807) is 39.5 Å². The van der Waals surface area contributed by atoms with E-state index in [0.29, 0.717) is 54.0 Å². The maximum Gasteiger partial charge on any atom is 0.282 e. The first-order valence-electron chi connectivity index (χ1n) is 17.9. The summed E-state index contributed by atoms with van der Waals surface area (Å²) in [5.74, 6) is 2.09. The minimum absolute atomic E-state index is 0.0433. The van der Waals surface area contributed by atoms with Crippen molar-refractivity contribution in [2.45, 2.75) is 44.6 Å². The molecule has 1 N–H and O–H groups in total. The van der Waals surface area contributed by atoms with E-state index in [9.17, 15) is 14.7 Å². The number of ketones is 1. The monoisotopic (exact) mass is 706 g/mol. The van der Waals surface area contributed by atoms with Crippen LogP contribution in [-0.4, -0.2) is 90.2 Å². The van der Waals surface area contributed by atoms with Gasteiger partial charge in [-0.3, -0.25) is 9.59 Å². The number of likely N-dealkylation sites (tertiary alicyclic amines) is 2. The molecule has 7 rings (SSSR count). The van der Waals surface area contributed by atoms with Crippen molar-refractivity contribution in [3.8, 4) is 23.2 Å². The first-order valence-corrected chi connectivity index (χ1v) is 17.9. The third kappa shape index (κ3) is 6.72. The highest BCUT2D eigenvalue weighted by Crippen LogP contribution is 2.42. The zero-order valence-corrected chi connectivity index (χ0v) is 30.3. The number of hydrogen-bond acceptors (Lipinski definition) is 9. The molecule has 52 heavy (non-hydrogen) atoms. The molecular weight excluding hydrogens is 660 g/mol. The number of aromatic nitrogens is 2. The number of ether oxygens (including phenoxy) is 3. The number of hydrogen-bond donors (Lipinski definition) is 1. The molecule has 4 heterocycles. The molecule has 2 fully saturated rings. The number of methoxy groups -OCH3 is 3. The van der Waals surface area contributed by atoms with Gasteiger partial charge in [0.1, 0.15) is 5.76 Å². The summed E-state index contributed by atoms with van der Waals surface area (Å²) in [6.07, 6.45) is 3.23. The Kier molecular flexibility index (Phi) is 9.96. The highest BCUT2D eigenvalue weighted by molar-refractivity contribution is 5.98. The van der Waals surface area contributed by atoms with Crippen LogP contribution in [0.25, 0.3) is 11.0 Å². The van der Waals surface area contributed by atoms with Crippen LogP contribution in [-0.2, 0) is 12.0 Å². The number of amides is 1. The predicted octanol–water partition coefficient (Wildman–Crippen LogP) is 6.49. The zero-order valence-electron chi connectivity index (χ0n) is 30.3. The van der Waals surface area contributed by atoms with Gasteiger partial charge in [-0.2, -0.15) is 0 Å². The number of nitrogens with zero attached hydrogens (tertiary/aromatic N) is 4. The summed E-state index contributed by atoms with van der Waals surface area (Å²) in [6.45, 7) is 5.91. The number of piperidine rings is 1. The Morgan fingerprint density at radius 1 is 0.923 bits per heavy atom. The van der Waals surface area contributed by atoms with Crippen LogP contribution in [0.5, 0.6) is 23.2 Å². The molecule has 272 valence electrons. The fraction of sp³-hybridized carbons (Fsp3) is 0.390. The lowest BCUT2D eigenvalue weighted by molar-refractivity contribution is 0.0777. The van der Waals surface area contributed by atoms with Gasteiger partial charge in [0, 0.05) is 36.1 Å². The number of para-hydroxylation sites is 2. The summed E-state index contributed by atoms with van der Waals surface area (Å²) in [5, 5.41) is 9.92. The van der Waals surface area contributed by atoms with E-state index in [-0.39, 0.29) is 29.0 Å². The van der Waals surface area contributed by atoms with E-state index in [4.69, 9.17) is 23.6 Å². The molecule has 2 aromatic heterocycles. The second-order valence-electron chi connectivity index (χ2n) is 14.0. The van der Waals surface area contributed by atoms with Gasteiger partial charge in [0.15, 0.2) is 17.3 Å². The van der Waals surface area contributed by atoms with Gasteiger partial charge in [-0.15, -0.1) is 0 Å². The fourth-order valence-electron chi connectivity index (χ4n) is 8.01. The van der Waals surface area contributed by atoms with Crippen molar-refractivity contribution in [3.05, 3.63) is 101 Å². The maximum absolute atomic E-state index is 14.1. The molecule has 11 nitrogen and oxygen atoms in total. The number of imidazole rings is 1. The van der Waals surface area contributed by atoms with E-state index in [1.807, 2.05) is 46.7 Å². The van der Waals surface area contributed by atoms with Crippen molar-refractivity contribution in [1.82, 2.24) is 19.4 Å². The zero-order chi connectivity index (χ0) is 36.4. The molecule has 1 atom stereocenters. The van der Waals surface area contributed by atoms with Crippen LogP contribution in [0.1, 0.15) is 63.5 Å². The normalized spacial score (nSPS) is 18.2. The highest BCUT2D eigenvalue weighted by atomic mass is 16.5. The SMILES string of the molecule is COc1cc(C(=O)N2CCC(CCN3CCC(C(=O)c4nc5ccccc5n4Cc4oc(O)cc4C)CC3)(c3ccccc3)C2)cc(OC)c1OC. The number of furan rings is 1. The average Bonchev–Trinajstić information content (AvgIpc) is 3.88. The number of rotatable bonds is 12. The lowest BCUT2D eigenvalue weighted by Crippen LogP contribution is -2.41. The van der Waals surface area contributed by atoms with Crippen LogP contribution >= 0.6 is 0 Å². The van der Waals surface area contributed by atoms with E-state index in [0.717, 1.165) is 61.9 Å². The van der Waals surface area contributed by atoms with Gasteiger partial charge in [0.25, 0.3) is 11.9 Å². The molecule has 2 aliphatic heterocycles. The van der Waals surface area contributed by atoms with Crippen LogP contribution in [0.2, 0.25) is 0 Å². The van der Waals surface area contributed by atoms with Gasteiger partial charge < -0.3 is 38.1 Å². The van der Waals surface area contributed by atoms with Crippen molar-refractivity contribution in [2.75, 3.05) is 54.1 Å². The third-order valence-electron chi connectivity index (χ3n) is 11.0. The summed E-state index contributed by atoms with van der Waals surface area (Å²) in [7, 11) is 4.65. The molecule has 5 aromatic rings. The summed E-state index contributed by atoms with van der Waals surface area (Å²) < 4.78 is 24.0. The largest absolute Gasteiger partial charge is 0.493 e. The molecule has 0 aliphatic carbocycles. The molecule has 0 bridgehead atoms. The highest BCUT2D eigenvalue weighted by Gasteiger charge is 2.42. The minimum atomic E-state index is -0.201. The van der Waals surface area contributed by atoms with E-state index in [2.05, 4.69) is 29.2 Å². The topological polar surface area (TPSA) is 120 Å². The van der Waals surface area contributed by atoms with Gasteiger partial charge >= 0.3 is 0 Å². The molecule has 2 aliphatic rings. The lowest BCUT2D eigenvalue weighted by atomic mass is 9.76. The third-order valence-corrected chi connectivity index (χ3v) is 11.0. The first kappa shape index (κ1) is 35.1. The Hall–Kier alpha value is -5.29. The summed E-state index contributed by atoms with van der Waals surface area (Å²) in [6, 6.07) is 23.3. The molecule has 1 unspecified atom stereocenters. The minimum Gasteiger partial charge on any atom is -0.493 e. The average molecular weight is 707 g/mol. The van der Waals surface area contributed by atoms with Gasteiger partial charge in [-0.25, -0.2) is 4.98 Å². The summed E-state index contributed by atoms with van der Waals surface area (Å²) in [5.41, 5.74) is 3.98. The number of aromatic hydroxyl groups is 1. The van der Waals surface area contributed by atoms with Crippen LogP contribution in [0.3, 0.4) is 0 Å².